The van der Waals surface area contributed by atoms with Crippen molar-refractivity contribution in [3.63, 3.8) is 0 Å². The standard InChI is InChI=1S/C19H20N6O3/c1-12-6-16(26)22-17(20-12)13-4-3-5-14(7-13)21-18(27)15-8-25(24-23-15)9-19(2)10-28-11-19/h3-8H,9-11H2,1-2H3,(H,21,27)(H,20,22,26). The van der Waals surface area contributed by atoms with Gasteiger partial charge in [0, 0.05) is 28.4 Å². The topological polar surface area (TPSA) is 115 Å². The number of amides is 1. The second kappa shape index (κ2) is 7.01. The van der Waals surface area contributed by atoms with Crippen LogP contribution in [-0.2, 0) is 11.3 Å². The molecule has 144 valence electrons. The lowest BCUT2D eigenvalue weighted by atomic mass is 9.89. The first kappa shape index (κ1) is 18.1. The summed E-state index contributed by atoms with van der Waals surface area (Å²) in [4.78, 5) is 31.2. The molecule has 1 aliphatic rings. The van der Waals surface area contributed by atoms with Crippen molar-refractivity contribution >= 4 is 11.6 Å². The maximum Gasteiger partial charge on any atom is 0.277 e. The van der Waals surface area contributed by atoms with Crippen LogP contribution in [0.2, 0.25) is 0 Å². The minimum absolute atomic E-state index is 0.0352. The number of aryl methyl sites for hydroxylation is 1. The van der Waals surface area contributed by atoms with E-state index in [-0.39, 0.29) is 22.6 Å². The summed E-state index contributed by atoms with van der Waals surface area (Å²) in [5.41, 5.74) is 1.93. The molecular weight excluding hydrogens is 360 g/mol. The van der Waals surface area contributed by atoms with Crippen LogP contribution < -0.4 is 10.9 Å². The van der Waals surface area contributed by atoms with E-state index >= 15 is 0 Å². The zero-order chi connectivity index (χ0) is 19.7. The molecule has 0 unspecified atom stereocenters. The average molecular weight is 380 g/mol. The Kier molecular flexibility index (Phi) is 4.52. The van der Waals surface area contributed by atoms with E-state index in [0.29, 0.717) is 42.5 Å². The number of ether oxygens (including phenoxy) is 1. The van der Waals surface area contributed by atoms with E-state index in [2.05, 4.69) is 32.5 Å². The molecule has 2 aromatic heterocycles. The van der Waals surface area contributed by atoms with Crippen LogP contribution in [0.3, 0.4) is 0 Å². The van der Waals surface area contributed by atoms with Gasteiger partial charge in [-0.3, -0.25) is 14.3 Å². The van der Waals surface area contributed by atoms with Crippen molar-refractivity contribution in [1.29, 1.82) is 0 Å². The number of H-pyrrole nitrogens is 1. The molecule has 1 aliphatic heterocycles. The predicted molar refractivity (Wildman–Crippen MR) is 102 cm³/mol. The van der Waals surface area contributed by atoms with Gasteiger partial charge in [-0.1, -0.05) is 24.3 Å². The van der Waals surface area contributed by atoms with Crippen molar-refractivity contribution in [2.45, 2.75) is 20.4 Å². The number of nitrogens with one attached hydrogen (secondary N) is 2. The van der Waals surface area contributed by atoms with Crippen molar-refractivity contribution < 1.29 is 9.53 Å². The molecule has 0 atom stereocenters. The molecule has 9 heteroatoms. The Labute approximate surface area is 160 Å². The number of rotatable bonds is 5. The molecule has 0 bridgehead atoms. The fourth-order valence-electron chi connectivity index (χ4n) is 3.07. The summed E-state index contributed by atoms with van der Waals surface area (Å²) in [6, 6.07) is 8.51. The highest BCUT2D eigenvalue weighted by Gasteiger charge is 2.34. The smallest absolute Gasteiger partial charge is 0.277 e. The van der Waals surface area contributed by atoms with E-state index in [0.717, 1.165) is 0 Å². The molecule has 0 saturated carbocycles. The first-order chi connectivity index (χ1) is 13.4. The normalized spacial score (nSPS) is 15.1. The molecule has 2 N–H and O–H groups in total. The third-order valence-corrected chi connectivity index (χ3v) is 4.48. The van der Waals surface area contributed by atoms with Crippen LogP contribution in [0, 0.1) is 12.3 Å². The second-order valence-corrected chi connectivity index (χ2v) is 7.38. The molecular formula is C19H20N6O3. The summed E-state index contributed by atoms with van der Waals surface area (Å²) in [6.07, 6.45) is 1.63. The van der Waals surface area contributed by atoms with Gasteiger partial charge in [0.25, 0.3) is 11.5 Å². The Bertz CT molecular complexity index is 1080. The summed E-state index contributed by atoms with van der Waals surface area (Å²) in [5, 5.41) is 10.8. The van der Waals surface area contributed by atoms with Crippen molar-refractivity contribution in [2.75, 3.05) is 18.5 Å². The lowest BCUT2D eigenvalue weighted by Crippen LogP contribution is -2.43. The quantitative estimate of drug-likeness (QED) is 0.695. The molecule has 0 aliphatic carbocycles. The fourth-order valence-corrected chi connectivity index (χ4v) is 3.07. The van der Waals surface area contributed by atoms with Gasteiger partial charge >= 0.3 is 0 Å². The van der Waals surface area contributed by atoms with Gasteiger partial charge < -0.3 is 15.0 Å². The van der Waals surface area contributed by atoms with Gasteiger partial charge in [0.2, 0.25) is 0 Å². The number of anilines is 1. The number of aromatic amines is 1. The largest absolute Gasteiger partial charge is 0.380 e. The zero-order valence-corrected chi connectivity index (χ0v) is 15.6. The summed E-state index contributed by atoms with van der Waals surface area (Å²) < 4.78 is 6.90. The van der Waals surface area contributed by atoms with Crippen molar-refractivity contribution in [2.24, 2.45) is 5.41 Å². The van der Waals surface area contributed by atoms with Gasteiger partial charge in [-0.2, -0.15) is 0 Å². The fraction of sp³-hybridized carbons (Fsp3) is 0.316. The predicted octanol–water partition coefficient (Wildman–Crippen LogP) is 1.63. The summed E-state index contributed by atoms with van der Waals surface area (Å²) >= 11 is 0. The summed E-state index contributed by atoms with van der Waals surface area (Å²) in [7, 11) is 0. The highest BCUT2D eigenvalue weighted by Crippen LogP contribution is 2.28. The molecule has 3 heterocycles. The number of carbonyl (C=O) groups is 1. The highest BCUT2D eigenvalue weighted by molar-refractivity contribution is 6.02. The number of aromatic nitrogens is 5. The molecule has 1 fully saturated rings. The second-order valence-electron chi connectivity index (χ2n) is 7.38. The summed E-state index contributed by atoms with van der Waals surface area (Å²) in [5.74, 6) is 0.0899. The van der Waals surface area contributed by atoms with E-state index in [1.807, 2.05) is 6.07 Å². The number of nitrogens with zero attached hydrogens (tertiary/aromatic N) is 4. The Hall–Kier alpha value is -3.33. The van der Waals surface area contributed by atoms with Crippen LogP contribution in [0.4, 0.5) is 5.69 Å². The number of carbonyl (C=O) groups excluding carboxylic acids is 1. The van der Waals surface area contributed by atoms with Gasteiger partial charge in [-0.25, -0.2) is 4.98 Å². The molecule has 9 nitrogen and oxygen atoms in total. The van der Waals surface area contributed by atoms with Crippen molar-refractivity contribution in [1.82, 2.24) is 25.0 Å². The molecule has 4 rings (SSSR count). The number of hydrogen-bond donors (Lipinski definition) is 2. The van der Waals surface area contributed by atoms with Gasteiger partial charge in [-0.05, 0) is 19.1 Å². The Morgan fingerprint density at radius 1 is 1.36 bits per heavy atom. The minimum Gasteiger partial charge on any atom is -0.380 e. The summed E-state index contributed by atoms with van der Waals surface area (Å²) in [6.45, 7) is 5.86. The lowest BCUT2D eigenvalue weighted by molar-refractivity contribution is -0.111. The van der Waals surface area contributed by atoms with E-state index in [4.69, 9.17) is 4.74 Å². The van der Waals surface area contributed by atoms with Crippen molar-refractivity contribution in [3.05, 3.63) is 58.3 Å². The van der Waals surface area contributed by atoms with Crippen LogP contribution in [0.5, 0.6) is 0 Å². The minimum atomic E-state index is -0.357. The number of hydrogen-bond acceptors (Lipinski definition) is 6. The molecule has 1 saturated heterocycles. The SMILES string of the molecule is Cc1cc(=O)[nH]c(-c2cccc(NC(=O)c3cn(CC4(C)COC4)nn3)c2)n1. The third kappa shape index (κ3) is 3.84. The van der Waals surface area contributed by atoms with E-state index in [1.165, 1.54) is 6.07 Å². The molecule has 1 amide bonds. The highest BCUT2D eigenvalue weighted by atomic mass is 16.5. The van der Waals surface area contributed by atoms with E-state index in [9.17, 15) is 9.59 Å². The molecule has 0 spiro atoms. The molecule has 28 heavy (non-hydrogen) atoms. The third-order valence-electron chi connectivity index (χ3n) is 4.48. The van der Waals surface area contributed by atoms with Gasteiger partial charge in [0.15, 0.2) is 5.69 Å². The maximum atomic E-state index is 12.5. The van der Waals surface area contributed by atoms with Crippen LogP contribution in [0.25, 0.3) is 11.4 Å². The van der Waals surface area contributed by atoms with Gasteiger partial charge in [0.1, 0.15) is 5.82 Å². The number of benzene rings is 1. The van der Waals surface area contributed by atoms with Crippen LogP contribution in [-0.4, -0.2) is 44.1 Å². The Morgan fingerprint density at radius 2 is 2.18 bits per heavy atom. The van der Waals surface area contributed by atoms with Gasteiger partial charge in [-0.15, -0.1) is 5.10 Å². The first-order valence-corrected chi connectivity index (χ1v) is 8.88. The monoisotopic (exact) mass is 380 g/mol. The van der Waals surface area contributed by atoms with E-state index in [1.54, 1.807) is 36.0 Å². The van der Waals surface area contributed by atoms with E-state index < -0.39 is 0 Å². The maximum absolute atomic E-state index is 12.5. The van der Waals surface area contributed by atoms with Crippen LogP contribution in [0.15, 0.2) is 41.3 Å². The zero-order valence-electron chi connectivity index (χ0n) is 15.6. The average Bonchev–Trinajstić information content (AvgIpc) is 3.08. The first-order valence-electron chi connectivity index (χ1n) is 8.88. The Balaban J connectivity index is 1.49. The lowest BCUT2D eigenvalue weighted by Gasteiger charge is -2.37. The Morgan fingerprint density at radius 3 is 2.89 bits per heavy atom. The molecule has 0 radical (unpaired) electrons. The van der Waals surface area contributed by atoms with Crippen LogP contribution in [0.1, 0.15) is 23.1 Å². The van der Waals surface area contributed by atoms with Crippen LogP contribution >= 0.6 is 0 Å². The molecule has 3 aromatic rings. The molecule has 1 aromatic carbocycles. The van der Waals surface area contributed by atoms with Crippen molar-refractivity contribution in [3.8, 4) is 11.4 Å². The van der Waals surface area contributed by atoms with Gasteiger partial charge in [0.05, 0.1) is 26.0 Å².